The molecule has 4 nitrogen and oxygen atoms in total. The summed E-state index contributed by atoms with van der Waals surface area (Å²) in [6.45, 7) is 4.73. The summed E-state index contributed by atoms with van der Waals surface area (Å²) in [5.41, 5.74) is 0.686. The second-order valence-electron chi connectivity index (χ2n) is 4.72. The fourth-order valence-corrected chi connectivity index (χ4v) is 3.47. The first-order valence-electron chi connectivity index (χ1n) is 6.24. The Morgan fingerprint density at radius 1 is 1.32 bits per heavy atom. The highest BCUT2D eigenvalue weighted by molar-refractivity contribution is 7.90. The van der Waals surface area contributed by atoms with Crippen LogP contribution < -0.4 is 0 Å². The molecule has 0 spiro atoms. The standard InChI is InChI=1S/C13H17ClN2O2S/c1-10(2)16(9-5-8-14)13-11-6-3-4-7-12(11)19(17,18)15-13/h3-4,6-7,10H,5,8-9H2,1-2H3. The van der Waals surface area contributed by atoms with Gasteiger partial charge in [-0.05, 0) is 32.4 Å². The highest BCUT2D eigenvalue weighted by atomic mass is 35.5. The molecule has 2 rings (SSSR count). The SMILES string of the molecule is CC(C)N(CCCCl)C1=NS(=O)(=O)c2ccccc21. The minimum atomic E-state index is -3.55. The van der Waals surface area contributed by atoms with Gasteiger partial charge in [0.15, 0.2) is 5.84 Å². The molecule has 0 saturated carbocycles. The van der Waals surface area contributed by atoms with E-state index in [1.54, 1.807) is 18.2 Å². The maximum absolute atomic E-state index is 12.0. The molecule has 0 saturated heterocycles. The fourth-order valence-electron chi connectivity index (χ4n) is 2.13. The number of hydrogen-bond donors (Lipinski definition) is 0. The Morgan fingerprint density at radius 2 is 2.00 bits per heavy atom. The van der Waals surface area contributed by atoms with E-state index in [2.05, 4.69) is 4.40 Å². The molecule has 1 aliphatic heterocycles. The molecule has 1 heterocycles. The molecular weight excluding hydrogens is 284 g/mol. The number of fused-ring (bicyclic) bond motifs is 1. The minimum absolute atomic E-state index is 0.170. The maximum atomic E-state index is 12.0. The van der Waals surface area contributed by atoms with E-state index in [9.17, 15) is 8.42 Å². The van der Waals surface area contributed by atoms with Gasteiger partial charge in [-0.25, -0.2) is 0 Å². The minimum Gasteiger partial charge on any atom is -0.353 e. The second kappa shape index (κ2) is 5.51. The largest absolute Gasteiger partial charge is 0.353 e. The van der Waals surface area contributed by atoms with Crippen LogP contribution in [0.5, 0.6) is 0 Å². The van der Waals surface area contributed by atoms with Crippen LogP contribution in [0.4, 0.5) is 0 Å². The summed E-state index contributed by atoms with van der Waals surface area (Å²) in [6, 6.07) is 7.11. The van der Waals surface area contributed by atoms with Crippen LogP contribution >= 0.6 is 11.6 Å². The van der Waals surface area contributed by atoms with Gasteiger partial charge in [0.2, 0.25) is 0 Å². The summed E-state index contributed by atoms with van der Waals surface area (Å²) in [4.78, 5) is 2.28. The van der Waals surface area contributed by atoms with Crippen molar-refractivity contribution >= 4 is 27.5 Å². The van der Waals surface area contributed by atoms with Crippen molar-refractivity contribution in [2.45, 2.75) is 31.2 Å². The number of sulfonamides is 1. The van der Waals surface area contributed by atoms with Crippen molar-refractivity contribution in [1.29, 1.82) is 0 Å². The zero-order valence-electron chi connectivity index (χ0n) is 11.0. The third kappa shape index (κ3) is 2.77. The summed E-state index contributed by atoms with van der Waals surface area (Å²) in [6.07, 6.45) is 0.793. The molecule has 104 valence electrons. The van der Waals surface area contributed by atoms with Crippen molar-refractivity contribution in [3.05, 3.63) is 29.8 Å². The van der Waals surface area contributed by atoms with Gasteiger partial charge in [0.25, 0.3) is 10.0 Å². The summed E-state index contributed by atoms with van der Waals surface area (Å²) in [7, 11) is -3.55. The van der Waals surface area contributed by atoms with Crippen LogP contribution in [0.15, 0.2) is 33.6 Å². The molecule has 1 aromatic carbocycles. The fraction of sp³-hybridized carbons (Fsp3) is 0.462. The van der Waals surface area contributed by atoms with Crippen LogP contribution in [0.3, 0.4) is 0 Å². The predicted octanol–water partition coefficient (Wildman–Crippen LogP) is 2.47. The van der Waals surface area contributed by atoms with Gasteiger partial charge >= 0.3 is 0 Å². The van der Waals surface area contributed by atoms with E-state index < -0.39 is 10.0 Å². The first-order valence-corrected chi connectivity index (χ1v) is 8.22. The second-order valence-corrected chi connectivity index (χ2v) is 6.67. The zero-order valence-corrected chi connectivity index (χ0v) is 12.6. The van der Waals surface area contributed by atoms with Crippen molar-refractivity contribution < 1.29 is 8.42 Å². The Hall–Kier alpha value is -1.07. The van der Waals surface area contributed by atoms with Gasteiger partial charge < -0.3 is 4.90 Å². The van der Waals surface area contributed by atoms with Crippen LogP contribution in [0, 0.1) is 0 Å². The highest BCUT2D eigenvalue weighted by Gasteiger charge is 2.32. The average molecular weight is 301 g/mol. The van der Waals surface area contributed by atoms with E-state index in [1.807, 2.05) is 24.8 Å². The molecule has 0 unspecified atom stereocenters. The van der Waals surface area contributed by atoms with Gasteiger partial charge in [-0.3, -0.25) is 0 Å². The molecule has 6 heteroatoms. The van der Waals surface area contributed by atoms with Crippen LogP contribution in [-0.2, 0) is 10.0 Å². The van der Waals surface area contributed by atoms with E-state index in [4.69, 9.17) is 11.6 Å². The Balaban J connectivity index is 2.44. The van der Waals surface area contributed by atoms with Gasteiger partial charge in [0.1, 0.15) is 4.90 Å². The lowest BCUT2D eigenvalue weighted by atomic mass is 10.1. The molecular formula is C13H17ClN2O2S. The quantitative estimate of drug-likeness (QED) is 0.803. The van der Waals surface area contributed by atoms with Crippen molar-refractivity contribution in [3.8, 4) is 0 Å². The average Bonchev–Trinajstić information content (AvgIpc) is 2.63. The summed E-state index contributed by atoms with van der Waals surface area (Å²) < 4.78 is 28.0. The van der Waals surface area contributed by atoms with Crippen molar-refractivity contribution in [2.24, 2.45) is 4.40 Å². The smallest absolute Gasteiger partial charge is 0.285 e. The van der Waals surface area contributed by atoms with E-state index in [0.29, 0.717) is 28.7 Å². The van der Waals surface area contributed by atoms with Crippen molar-refractivity contribution in [1.82, 2.24) is 4.90 Å². The van der Waals surface area contributed by atoms with Crippen LogP contribution in [0.2, 0.25) is 0 Å². The Morgan fingerprint density at radius 3 is 2.63 bits per heavy atom. The van der Waals surface area contributed by atoms with Gasteiger partial charge in [0.05, 0.1) is 0 Å². The summed E-state index contributed by atoms with van der Waals surface area (Å²) in [5, 5.41) is 0. The van der Waals surface area contributed by atoms with Gasteiger partial charge in [-0.15, -0.1) is 16.0 Å². The Labute approximate surface area is 119 Å². The monoisotopic (exact) mass is 300 g/mol. The van der Waals surface area contributed by atoms with Crippen molar-refractivity contribution in [2.75, 3.05) is 12.4 Å². The molecule has 1 aliphatic rings. The third-order valence-corrected chi connectivity index (χ3v) is 4.63. The first-order chi connectivity index (χ1) is 8.97. The number of amidine groups is 1. The molecule has 0 N–H and O–H groups in total. The molecule has 0 amide bonds. The van der Waals surface area contributed by atoms with Crippen molar-refractivity contribution in [3.63, 3.8) is 0 Å². The molecule has 0 fully saturated rings. The lowest BCUT2D eigenvalue weighted by molar-refractivity contribution is 0.352. The Bertz CT molecular complexity index is 596. The van der Waals surface area contributed by atoms with Gasteiger partial charge in [-0.2, -0.15) is 8.42 Å². The lowest BCUT2D eigenvalue weighted by Gasteiger charge is -2.28. The summed E-state index contributed by atoms with van der Waals surface area (Å²) >= 11 is 5.73. The van der Waals surface area contributed by atoms with Gasteiger partial charge in [-0.1, -0.05) is 12.1 Å². The van der Waals surface area contributed by atoms with E-state index in [1.165, 1.54) is 0 Å². The topological polar surface area (TPSA) is 49.7 Å². The van der Waals surface area contributed by atoms with E-state index in [-0.39, 0.29) is 6.04 Å². The predicted molar refractivity (Wildman–Crippen MR) is 77.3 cm³/mol. The zero-order chi connectivity index (χ0) is 14.0. The number of hydrogen-bond acceptors (Lipinski definition) is 3. The molecule has 0 bridgehead atoms. The number of alkyl halides is 1. The molecule has 0 aliphatic carbocycles. The molecule has 19 heavy (non-hydrogen) atoms. The molecule has 0 aromatic heterocycles. The van der Waals surface area contributed by atoms with E-state index in [0.717, 1.165) is 6.42 Å². The summed E-state index contributed by atoms with van der Waals surface area (Å²) in [5.74, 6) is 1.08. The number of halogens is 1. The number of nitrogens with zero attached hydrogens (tertiary/aromatic N) is 2. The van der Waals surface area contributed by atoms with Gasteiger partial charge in [0, 0.05) is 24.0 Å². The lowest BCUT2D eigenvalue weighted by Crippen LogP contribution is -2.37. The van der Waals surface area contributed by atoms with Crippen LogP contribution in [0.25, 0.3) is 0 Å². The van der Waals surface area contributed by atoms with E-state index >= 15 is 0 Å². The molecule has 1 aromatic rings. The highest BCUT2D eigenvalue weighted by Crippen LogP contribution is 2.28. The third-order valence-electron chi connectivity index (χ3n) is 3.04. The maximum Gasteiger partial charge on any atom is 0.285 e. The Kier molecular flexibility index (Phi) is 4.16. The van der Waals surface area contributed by atoms with Crippen LogP contribution in [0.1, 0.15) is 25.8 Å². The molecule has 0 atom stereocenters. The first kappa shape index (κ1) is 14.3. The normalized spacial score (nSPS) is 16.3. The number of rotatable bonds is 4. The number of benzene rings is 1. The molecule has 0 radical (unpaired) electrons. The van der Waals surface area contributed by atoms with Crippen LogP contribution in [-0.4, -0.2) is 37.6 Å².